The van der Waals surface area contributed by atoms with E-state index in [-0.39, 0.29) is 23.7 Å². The van der Waals surface area contributed by atoms with Gasteiger partial charge in [-0.2, -0.15) is 0 Å². The molecule has 4 aromatic carbocycles. The summed E-state index contributed by atoms with van der Waals surface area (Å²) < 4.78 is 18.0. The standard InChI is InChI=1S/C29H22BrClN2O6/c1-37-28-12-2-19(14-20(28)18-38-25-8-4-21(30)5-9-25)3-13-29(34)32-23-15-24(33(35)36)17-27(16-23)39-26-10-6-22(31)7-11-26/h2-17H,18H2,1H3,(H,32,34). The molecule has 0 aromatic heterocycles. The van der Waals surface area contributed by atoms with Gasteiger partial charge < -0.3 is 19.5 Å². The molecule has 0 atom stereocenters. The minimum absolute atomic E-state index is 0.191. The first-order valence-corrected chi connectivity index (χ1v) is 12.7. The lowest BCUT2D eigenvalue weighted by molar-refractivity contribution is -0.384. The van der Waals surface area contributed by atoms with Crippen molar-refractivity contribution in [2.45, 2.75) is 6.61 Å². The molecular weight excluding hydrogens is 588 g/mol. The molecule has 0 bridgehead atoms. The second-order valence-electron chi connectivity index (χ2n) is 8.17. The number of nitrogens with one attached hydrogen (secondary N) is 1. The summed E-state index contributed by atoms with van der Waals surface area (Å²) in [6.07, 6.45) is 2.96. The first-order chi connectivity index (χ1) is 18.8. The van der Waals surface area contributed by atoms with Gasteiger partial charge in [-0.1, -0.05) is 33.6 Å². The van der Waals surface area contributed by atoms with Gasteiger partial charge in [-0.15, -0.1) is 0 Å². The predicted octanol–water partition coefficient (Wildman–Crippen LogP) is 8.04. The Hall–Kier alpha value is -4.34. The monoisotopic (exact) mass is 608 g/mol. The summed E-state index contributed by atoms with van der Waals surface area (Å²) in [4.78, 5) is 23.5. The van der Waals surface area contributed by atoms with E-state index in [2.05, 4.69) is 21.2 Å². The highest BCUT2D eigenvalue weighted by Gasteiger charge is 2.13. The molecule has 198 valence electrons. The molecule has 4 rings (SSSR count). The lowest BCUT2D eigenvalue weighted by atomic mass is 10.1. The van der Waals surface area contributed by atoms with Crippen LogP contribution in [-0.2, 0) is 11.4 Å². The molecule has 0 radical (unpaired) electrons. The number of rotatable bonds is 10. The molecule has 8 nitrogen and oxygen atoms in total. The number of methoxy groups -OCH3 is 1. The van der Waals surface area contributed by atoms with Crippen molar-refractivity contribution in [1.29, 1.82) is 0 Å². The molecule has 0 fully saturated rings. The summed E-state index contributed by atoms with van der Waals surface area (Å²) in [5.74, 6) is 1.51. The number of halogens is 2. The van der Waals surface area contributed by atoms with Gasteiger partial charge >= 0.3 is 0 Å². The number of amides is 1. The summed E-state index contributed by atoms with van der Waals surface area (Å²) in [6, 6.07) is 23.5. The number of hydrogen-bond acceptors (Lipinski definition) is 6. The van der Waals surface area contributed by atoms with Gasteiger partial charge in [0.25, 0.3) is 5.69 Å². The Balaban J connectivity index is 1.46. The van der Waals surface area contributed by atoms with Crippen molar-refractivity contribution in [1.82, 2.24) is 0 Å². The van der Waals surface area contributed by atoms with Gasteiger partial charge in [-0.3, -0.25) is 14.9 Å². The molecule has 1 N–H and O–H groups in total. The van der Waals surface area contributed by atoms with Crippen LogP contribution in [0.2, 0.25) is 5.02 Å². The molecule has 39 heavy (non-hydrogen) atoms. The second kappa shape index (κ2) is 12.9. The number of nitro benzene ring substituents is 1. The summed E-state index contributed by atoms with van der Waals surface area (Å²) in [6.45, 7) is 0.267. The first kappa shape index (κ1) is 27.7. The summed E-state index contributed by atoms with van der Waals surface area (Å²) >= 11 is 9.29. The number of non-ortho nitro benzene ring substituents is 1. The van der Waals surface area contributed by atoms with Crippen molar-refractivity contribution < 1.29 is 23.9 Å². The van der Waals surface area contributed by atoms with E-state index in [4.69, 9.17) is 25.8 Å². The Labute approximate surface area is 238 Å². The number of anilines is 1. The Kier molecular flexibility index (Phi) is 9.19. The maximum atomic E-state index is 12.6. The van der Waals surface area contributed by atoms with Crippen LogP contribution in [-0.4, -0.2) is 17.9 Å². The van der Waals surface area contributed by atoms with Gasteiger partial charge in [0.05, 0.1) is 23.8 Å². The van der Waals surface area contributed by atoms with Crippen molar-refractivity contribution in [3.8, 4) is 23.0 Å². The van der Waals surface area contributed by atoms with Gasteiger partial charge in [0.15, 0.2) is 0 Å². The van der Waals surface area contributed by atoms with Crippen LogP contribution in [0.15, 0.2) is 95.5 Å². The highest BCUT2D eigenvalue weighted by atomic mass is 79.9. The lowest BCUT2D eigenvalue weighted by Gasteiger charge is -2.11. The Morgan fingerprint density at radius 1 is 0.974 bits per heavy atom. The average molecular weight is 610 g/mol. The molecule has 0 spiro atoms. The average Bonchev–Trinajstić information content (AvgIpc) is 2.92. The predicted molar refractivity (Wildman–Crippen MR) is 154 cm³/mol. The quantitative estimate of drug-likeness (QED) is 0.111. The number of nitro groups is 1. The third-order valence-corrected chi connectivity index (χ3v) is 6.14. The molecule has 4 aromatic rings. The fourth-order valence-electron chi connectivity index (χ4n) is 3.52. The van der Waals surface area contributed by atoms with Crippen LogP contribution in [0.5, 0.6) is 23.0 Å². The zero-order valence-corrected chi connectivity index (χ0v) is 22.9. The fourth-order valence-corrected chi connectivity index (χ4v) is 3.91. The summed E-state index contributed by atoms with van der Waals surface area (Å²) in [5.41, 5.74) is 1.52. The van der Waals surface area contributed by atoms with E-state index in [1.807, 2.05) is 30.3 Å². The molecule has 0 heterocycles. The molecule has 1 amide bonds. The maximum absolute atomic E-state index is 12.6. The molecular formula is C29H22BrClN2O6. The second-order valence-corrected chi connectivity index (χ2v) is 9.52. The highest BCUT2D eigenvalue weighted by molar-refractivity contribution is 9.10. The zero-order chi connectivity index (χ0) is 27.8. The van der Waals surface area contributed by atoms with E-state index in [1.54, 1.807) is 49.6 Å². The molecule has 0 aliphatic rings. The minimum atomic E-state index is -0.560. The van der Waals surface area contributed by atoms with Crippen LogP contribution >= 0.6 is 27.5 Å². The van der Waals surface area contributed by atoms with Crippen LogP contribution in [0.1, 0.15) is 11.1 Å². The smallest absolute Gasteiger partial charge is 0.275 e. The van der Waals surface area contributed by atoms with E-state index >= 15 is 0 Å². The van der Waals surface area contributed by atoms with Crippen LogP contribution in [0.25, 0.3) is 6.08 Å². The molecule has 0 unspecified atom stereocenters. The van der Waals surface area contributed by atoms with Crippen molar-refractivity contribution in [2.75, 3.05) is 12.4 Å². The minimum Gasteiger partial charge on any atom is -0.496 e. The van der Waals surface area contributed by atoms with E-state index < -0.39 is 10.8 Å². The Morgan fingerprint density at radius 2 is 1.69 bits per heavy atom. The topological polar surface area (TPSA) is 99.9 Å². The van der Waals surface area contributed by atoms with Gasteiger partial charge in [-0.25, -0.2) is 0 Å². The number of carbonyl (C=O) groups is 1. The zero-order valence-electron chi connectivity index (χ0n) is 20.6. The third kappa shape index (κ3) is 8.07. The number of nitrogens with zero attached hydrogens (tertiary/aromatic N) is 1. The van der Waals surface area contributed by atoms with E-state index in [9.17, 15) is 14.9 Å². The highest BCUT2D eigenvalue weighted by Crippen LogP contribution is 2.30. The van der Waals surface area contributed by atoms with E-state index in [0.717, 1.165) is 15.6 Å². The number of carbonyl (C=O) groups excluding carboxylic acids is 1. The van der Waals surface area contributed by atoms with Crippen LogP contribution < -0.4 is 19.5 Å². The summed E-state index contributed by atoms with van der Waals surface area (Å²) in [5, 5.41) is 14.6. The van der Waals surface area contributed by atoms with Crippen LogP contribution in [0, 0.1) is 10.1 Å². The third-order valence-electron chi connectivity index (χ3n) is 5.36. The maximum Gasteiger partial charge on any atom is 0.275 e. The van der Waals surface area contributed by atoms with E-state index in [0.29, 0.717) is 22.3 Å². The first-order valence-electron chi connectivity index (χ1n) is 11.6. The molecule has 0 saturated carbocycles. The number of ether oxygens (including phenoxy) is 3. The van der Waals surface area contributed by atoms with Crippen LogP contribution in [0.4, 0.5) is 11.4 Å². The summed E-state index contributed by atoms with van der Waals surface area (Å²) in [7, 11) is 1.57. The molecule has 0 aliphatic heterocycles. The SMILES string of the molecule is COc1ccc(C=CC(=O)Nc2cc(Oc3ccc(Cl)cc3)cc([N+](=O)[O-])c2)cc1COc1ccc(Br)cc1. The van der Waals surface area contributed by atoms with E-state index in [1.165, 1.54) is 24.3 Å². The molecule has 0 aliphatic carbocycles. The molecule has 0 saturated heterocycles. The van der Waals surface area contributed by atoms with Crippen molar-refractivity contribution in [3.05, 3.63) is 122 Å². The van der Waals surface area contributed by atoms with Gasteiger partial charge in [0.1, 0.15) is 29.6 Å². The van der Waals surface area contributed by atoms with Crippen molar-refractivity contribution in [2.24, 2.45) is 0 Å². The largest absolute Gasteiger partial charge is 0.496 e. The van der Waals surface area contributed by atoms with Crippen molar-refractivity contribution >= 4 is 50.9 Å². The normalized spacial score (nSPS) is 10.7. The van der Waals surface area contributed by atoms with Crippen LogP contribution in [0.3, 0.4) is 0 Å². The number of hydrogen-bond donors (Lipinski definition) is 1. The van der Waals surface area contributed by atoms with Crippen molar-refractivity contribution in [3.63, 3.8) is 0 Å². The van der Waals surface area contributed by atoms with Gasteiger partial charge in [0.2, 0.25) is 5.91 Å². The van der Waals surface area contributed by atoms with Gasteiger partial charge in [-0.05, 0) is 72.3 Å². The fraction of sp³-hybridized carbons (Fsp3) is 0.0690. The van der Waals surface area contributed by atoms with Gasteiger partial charge in [0, 0.05) is 33.3 Å². The number of benzene rings is 4. The Bertz CT molecular complexity index is 1510. The molecule has 10 heteroatoms. The Morgan fingerprint density at radius 3 is 2.38 bits per heavy atom. The lowest BCUT2D eigenvalue weighted by Crippen LogP contribution is -2.08.